The molecule has 0 radical (unpaired) electrons. The summed E-state index contributed by atoms with van der Waals surface area (Å²) < 4.78 is 6.57. The minimum absolute atomic E-state index is 0.0150. The number of methoxy groups -OCH3 is 1. The van der Waals surface area contributed by atoms with Crippen molar-refractivity contribution in [3.8, 4) is 17.9 Å². The maximum absolute atomic E-state index is 12.3. The first-order valence-electron chi connectivity index (χ1n) is 6.14. The maximum atomic E-state index is 12.3. The molecule has 0 aliphatic heterocycles. The Labute approximate surface area is 121 Å². The van der Waals surface area contributed by atoms with Crippen LogP contribution in [0.3, 0.4) is 0 Å². The molecule has 1 aromatic heterocycles. The van der Waals surface area contributed by atoms with Crippen LogP contribution in [0.2, 0.25) is 0 Å². The molecule has 0 saturated carbocycles. The molecule has 1 aromatic carbocycles. The highest BCUT2D eigenvalue weighted by molar-refractivity contribution is 5.98. The van der Waals surface area contributed by atoms with Gasteiger partial charge in [0.2, 0.25) is 0 Å². The van der Waals surface area contributed by atoms with Gasteiger partial charge in [0, 0.05) is 0 Å². The summed E-state index contributed by atoms with van der Waals surface area (Å²) in [6.07, 6.45) is 1.32. The molecule has 6 nitrogen and oxygen atoms in total. The first-order valence-corrected chi connectivity index (χ1v) is 6.14. The zero-order valence-corrected chi connectivity index (χ0v) is 11.6. The highest BCUT2D eigenvalue weighted by Gasteiger charge is 2.16. The average Bonchev–Trinajstić information content (AvgIpc) is 2.88. The highest BCUT2D eigenvalue weighted by atomic mass is 16.5. The molecular formula is C15H12N4O2. The van der Waals surface area contributed by atoms with Crippen LogP contribution in [0.4, 0.5) is 0 Å². The SMILES string of the molecule is COc1cc(C)ccc1C(=O)Cn1cnc(C#N)c1C#N. The van der Waals surface area contributed by atoms with Gasteiger partial charge in [-0.05, 0) is 24.6 Å². The van der Waals surface area contributed by atoms with Gasteiger partial charge in [-0.3, -0.25) is 4.79 Å². The van der Waals surface area contributed by atoms with E-state index >= 15 is 0 Å². The van der Waals surface area contributed by atoms with E-state index in [-0.39, 0.29) is 23.7 Å². The van der Waals surface area contributed by atoms with E-state index in [1.807, 2.05) is 25.1 Å². The topological polar surface area (TPSA) is 91.7 Å². The monoisotopic (exact) mass is 280 g/mol. The number of carbonyl (C=O) groups excluding carboxylic acids is 1. The molecule has 0 aliphatic rings. The largest absolute Gasteiger partial charge is 0.496 e. The van der Waals surface area contributed by atoms with Gasteiger partial charge in [-0.1, -0.05) is 6.07 Å². The Bertz CT molecular complexity index is 778. The Morgan fingerprint density at radius 2 is 2.14 bits per heavy atom. The lowest BCUT2D eigenvalue weighted by Crippen LogP contribution is -2.12. The first-order chi connectivity index (χ1) is 10.1. The van der Waals surface area contributed by atoms with E-state index < -0.39 is 0 Å². The van der Waals surface area contributed by atoms with Crippen molar-refractivity contribution in [2.24, 2.45) is 0 Å². The van der Waals surface area contributed by atoms with E-state index in [1.165, 1.54) is 18.0 Å². The Balaban J connectivity index is 2.34. The van der Waals surface area contributed by atoms with E-state index in [0.29, 0.717) is 11.3 Å². The number of benzene rings is 1. The zero-order valence-electron chi connectivity index (χ0n) is 11.6. The fourth-order valence-corrected chi connectivity index (χ4v) is 1.97. The lowest BCUT2D eigenvalue weighted by Gasteiger charge is -2.09. The predicted octanol–water partition coefficient (Wildman–Crippen LogP) is 1.83. The van der Waals surface area contributed by atoms with Crippen molar-refractivity contribution in [2.75, 3.05) is 7.11 Å². The van der Waals surface area contributed by atoms with Crippen molar-refractivity contribution >= 4 is 5.78 Å². The molecule has 6 heteroatoms. The highest BCUT2D eigenvalue weighted by Crippen LogP contribution is 2.21. The summed E-state index contributed by atoms with van der Waals surface area (Å²) >= 11 is 0. The number of hydrogen-bond donors (Lipinski definition) is 0. The third kappa shape index (κ3) is 2.75. The van der Waals surface area contributed by atoms with Crippen LogP contribution in [0.1, 0.15) is 27.3 Å². The van der Waals surface area contributed by atoms with Gasteiger partial charge in [0.05, 0.1) is 25.5 Å². The van der Waals surface area contributed by atoms with Gasteiger partial charge in [-0.2, -0.15) is 10.5 Å². The van der Waals surface area contributed by atoms with Crippen molar-refractivity contribution in [2.45, 2.75) is 13.5 Å². The number of Topliss-reactive ketones (excluding diaryl/α,β-unsaturated/α-hetero) is 1. The van der Waals surface area contributed by atoms with Crippen LogP contribution >= 0.6 is 0 Å². The number of hydrogen-bond acceptors (Lipinski definition) is 5. The number of aryl methyl sites for hydroxylation is 1. The number of carbonyl (C=O) groups is 1. The van der Waals surface area contributed by atoms with Crippen molar-refractivity contribution in [3.63, 3.8) is 0 Å². The van der Waals surface area contributed by atoms with E-state index in [2.05, 4.69) is 4.98 Å². The van der Waals surface area contributed by atoms with Crippen molar-refractivity contribution in [1.29, 1.82) is 10.5 Å². The molecule has 0 unspecified atom stereocenters. The molecule has 0 N–H and O–H groups in total. The number of nitriles is 2. The van der Waals surface area contributed by atoms with Gasteiger partial charge in [0.1, 0.15) is 17.9 Å². The van der Waals surface area contributed by atoms with Crippen LogP contribution in [0.25, 0.3) is 0 Å². The average molecular weight is 280 g/mol. The summed E-state index contributed by atoms with van der Waals surface area (Å²) in [5.41, 5.74) is 1.51. The Hall–Kier alpha value is -3.12. The van der Waals surface area contributed by atoms with Crippen LogP contribution in [0.15, 0.2) is 24.5 Å². The smallest absolute Gasteiger partial charge is 0.186 e. The summed E-state index contributed by atoms with van der Waals surface area (Å²) in [6, 6.07) is 8.97. The van der Waals surface area contributed by atoms with E-state index in [1.54, 1.807) is 12.1 Å². The van der Waals surface area contributed by atoms with Crippen molar-refractivity contribution in [1.82, 2.24) is 9.55 Å². The lowest BCUT2D eigenvalue weighted by atomic mass is 10.1. The number of nitrogens with zero attached hydrogens (tertiary/aromatic N) is 4. The first kappa shape index (κ1) is 14.3. The van der Waals surface area contributed by atoms with Gasteiger partial charge in [0.15, 0.2) is 17.2 Å². The van der Waals surface area contributed by atoms with Gasteiger partial charge in [0.25, 0.3) is 0 Å². The quantitative estimate of drug-likeness (QED) is 0.796. The summed E-state index contributed by atoms with van der Waals surface area (Å²) in [6.45, 7) is 1.83. The van der Waals surface area contributed by atoms with Crippen LogP contribution < -0.4 is 4.74 Å². The fraction of sp³-hybridized carbons (Fsp3) is 0.200. The predicted molar refractivity (Wildman–Crippen MR) is 73.7 cm³/mol. The molecule has 104 valence electrons. The molecule has 0 saturated heterocycles. The van der Waals surface area contributed by atoms with Crippen LogP contribution in [0, 0.1) is 29.6 Å². The maximum Gasteiger partial charge on any atom is 0.186 e. The van der Waals surface area contributed by atoms with Gasteiger partial charge in [-0.25, -0.2) is 4.98 Å². The molecule has 0 atom stereocenters. The Kier molecular flexibility index (Phi) is 4.01. The molecule has 21 heavy (non-hydrogen) atoms. The van der Waals surface area contributed by atoms with Crippen LogP contribution in [-0.2, 0) is 6.54 Å². The third-order valence-corrected chi connectivity index (χ3v) is 3.02. The minimum Gasteiger partial charge on any atom is -0.496 e. The summed E-state index contributed by atoms with van der Waals surface area (Å²) in [5, 5.41) is 17.9. The number of ether oxygens (including phenoxy) is 1. The number of imidazole rings is 1. The zero-order chi connectivity index (χ0) is 15.4. The van der Waals surface area contributed by atoms with Crippen LogP contribution in [-0.4, -0.2) is 22.4 Å². The minimum atomic E-state index is -0.217. The summed E-state index contributed by atoms with van der Waals surface area (Å²) in [5.74, 6) is 0.268. The molecule has 0 bridgehead atoms. The Morgan fingerprint density at radius 3 is 2.76 bits per heavy atom. The molecule has 2 aromatic rings. The molecule has 1 heterocycles. The number of aromatic nitrogens is 2. The molecule has 0 amide bonds. The number of ketones is 1. The van der Waals surface area contributed by atoms with E-state index in [9.17, 15) is 4.79 Å². The van der Waals surface area contributed by atoms with Gasteiger partial charge < -0.3 is 9.30 Å². The van der Waals surface area contributed by atoms with Crippen molar-refractivity contribution < 1.29 is 9.53 Å². The lowest BCUT2D eigenvalue weighted by molar-refractivity contribution is 0.0969. The second-order valence-electron chi connectivity index (χ2n) is 4.42. The molecule has 0 spiro atoms. The normalized spacial score (nSPS) is 9.71. The summed E-state index contributed by atoms with van der Waals surface area (Å²) in [7, 11) is 1.50. The van der Waals surface area contributed by atoms with Gasteiger partial charge >= 0.3 is 0 Å². The van der Waals surface area contributed by atoms with E-state index in [0.717, 1.165) is 5.56 Å². The Morgan fingerprint density at radius 1 is 1.38 bits per heavy atom. The molecular weight excluding hydrogens is 268 g/mol. The van der Waals surface area contributed by atoms with Gasteiger partial charge in [-0.15, -0.1) is 0 Å². The second kappa shape index (κ2) is 5.89. The fourth-order valence-electron chi connectivity index (χ4n) is 1.97. The van der Waals surface area contributed by atoms with Crippen molar-refractivity contribution in [3.05, 3.63) is 47.0 Å². The standard InChI is InChI=1S/C15H12N4O2/c1-10-3-4-11(15(5-10)21-2)14(20)8-19-9-18-12(6-16)13(19)7-17/h3-5,9H,8H2,1-2H3. The van der Waals surface area contributed by atoms with Crippen LogP contribution in [0.5, 0.6) is 5.75 Å². The molecule has 2 rings (SSSR count). The second-order valence-corrected chi connectivity index (χ2v) is 4.42. The molecule has 0 aliphatic carbocycles. The molecule has 0 fully saturated rings. The van der Waals surface area contributed by atoms with E-state index in [4.69, 9.17) is 15.3 Å². The number of rotatable bonds is 4. The summed E-state index contributed by atoms with van der Waals surface area (Å²) in [4.78, 5) is 16.2. The third-order valence-electron chi connectivity index (χ3n) is 3.02.